The van der Waals surface area contributed by atoms with E-state index in [0.29, 0.717) is 30.9 Å². The number of nitrogens with one attached hydrogen (secondary N) is 2. The number of hydrogen-bond acceptors (Lipinski definition) is 4. The molecule has 0 bridgehead atoms. The molecule has 0 radical (unpaired) electrons. The molecule has 6 nitrogen and oxygen atoms in total. The van der Waals surface area contributed by atoms with Crippen molar-refractivity contribution in [2.75, 3.05) is 13.7 Å². The number of ether oxygens (including phenoxy) is 2. The predicted octanol–water partition coefficient (Wildman–Crippen LogP) is 4.00. The Balaban J connectivity index is 1.92. The summed E-state index contributed by atoms with van der Waals surface area (Å²) in [6, 6.07) is 4.59. The van der Waals surface area contributed by atoms with E-state index in [9.17, 15) is 22.8 Å². The van der Waals surface area contributed by atoms with Crippen molar-refractivity contribution in [3.05, 3.63) is 23.8 Å². The maximum atomic E-state index is 12.9. The summed E-state index contributed by atoms with van der Waals surface area (Å²) in [5.41, 5.74) is 4.72. The first-order chi connectivity index (χ1) is 13.8. The molecule has 9 heteroatoms. The molecule has 0 heterocycles. The molecule has 0 unspecified atom stereocenters. The number of rotatable bonds is 7. The number of halogens is 3. The quantitative estimate of drug-likeness (QED) is 0.520. The molecule has 1 saturated carbocycles. The minimum atomic E-state index is -4.31. The average Bonchev–Trinajstić information content (AvgIpc) is 2.71. The molecule has 1 aromatic carbocycles. The van der Waals surface area contributed by atoms with Crippen LogP contribution in [-0.2, 0) is 4.79 Å². The van der Waals surface area contributed by atoms with Gasteiger partial charge < -0.3 is 9.47 Å². The Morgan fingerprint density at radius 1 is 1.17 bits per heavy atom. The van der Waals surface area contributed by atoms with Crippen LogP contribution in [0, 0.1) is 11.8 Å². The van der Waals surface area contributed by atoms with E-state index in [1.807, 2.05) is 6.92 Å². The van der Waals surface area contributed by atoms with Crippen molar-refractivity contribution < 1.29 is 32.2 Å². The van der Waals surface area contributed by atoms with Crippen LogP contribution in [0.4, 0.5) is 13.2 Å². The maximum absolute atomic E-state index is 12.9. The molecule has 2 amide bonds. The van der Waals surface area contributed by atoms with Crippen molar-refractivity contribution in [3.63, 3.8) is 0 Å². The van der Waals surface area contributed by atoms with Crippen LogP contribution in [0.1, 0.15) is 55.8 Å². The van der Waals surface area contributed by atoms with E-state index in [1.165, 1.54) is 19.2 Å². The summed E-state index contributed by atoms with van der Waals surface area (Å²) in [5, 5.41) is 0. The molecular formula is C20H27F3N2O4. The summed E-state index contributed by atoms with van der Waals surface area (Å²) >= 11 is 0. The summed E-state index contributed by atoms with van der Waals surface area (Å²) in [6.45, 7) is 2.56. The van der Waals surface area contributed by atoms with Crippen molar-refractivity contribution in [2.45, 2.75) is 51.6 Å². The molecule has 2 atom stereocenters. The molecule has 0 aliphatic heterocycles. The molecular weight excluding hydrogens is 389 g/mol. The zero-order chi connectivity index (χ0) is 21.4. The number of unbranched alkanes of at least 4 members (excludes halogenated alkanes) is 1. The second-order valence-electron chi connectivity index (χ2n) is 7.11. The SMILES string of the molecule is CCCCOc1ccc(C(=O)NNC(=O)[C@H]2CCC[C@@H](C(F)(F)F)C2)cc1OC. The Hall–Kier alpha value is -2.45. The van der Waals surface area contributed by atoms with Crippen LogP contribution in [0.25, 0.3) is 0 Å². The number of carbonyl (C=O) groups is 2. The van der Waals surface area contributed by atoms with Crippen LogP contribution >= 0.6 is 0 Å². The Bertz CT molecular complexity index is 709. The van der Waals surface area contributed by atoms with Crippen LogP contribution in [0.2, 0.25) is 0 Å². The van der Waals surface area contributed by atoms with Crippen LogP contribution in [0.15, 0.2) is 18.2 Å². The fourth-order valence-corrected chi connectivity index (χ4v) is 3.27. The third-order valence-corrected chi connectivity index (χ3v) is 4.99. The van der Waals surface area contributed by atoms with Gasteiger partial charge in [-0.1, -0.05) is 19.8 Å². The second kappa shape index (κ2) is 10.4. The number of hydrogen-bond donors (Lipinski definition) is 2. The van der Waals surface area contributed by atoms with Crippen LogP contribution < -0.4 is 20.3 Å². The van der Waals surface area contributed by atoms with Gasteiger partial charge in [-0.05, 0) is 43.9 Å². The number of carbonyl (C=O) groups excluding carboxylic acids is 2. The number of benzene rings is 1. The molecule has 162 valence electrons. The molecule has 1 aromatic rings. The Kier molecular flexibility index (Phi) is 8.16. The lowest BCUT2D eigenvalue weighted by atomic mass is 9.80. The van der Waals surface area contributed by atoms with Crippen LogP contribution in [-0.4, -0.2) is 31.7 Å². The third-order valence-electron chi connectivity index (χ3n) is 4.99. The van der Waals surface area contributed by atoms with Crippen molar-refractivity contribution in [1.29, 1.82) is 0 Å². The lowest BCUT2D eigenvalue weighted by Gasteiger charge is -2.29. The van der Waals surface area contributed by atoms with E-state index >= 15 is 0 Å². The third kappa shape index (κ3) is 6.54. The molecule has 29 heavy (non-hydrogen) atoms. The van der Waals surface area contributed by atoms with Gasteiger partial charge in [0, 0.05) is 11.5 Å². The highest BCUT2D eigenvalue weighted by molar-refractivity contribution is 5.96. The molecule has 1 aliphatic rings. The monoisotopic (exact) mass is 416 g/mol. The van der Waals surface area contributed by atoms with Gasteiger partial charge in [-0.3, -0.25) is 20.4 Å². The molecule has 2 N–H and O–H groups in total. The zero-order valence-electron chi connectivity index (χ0n) is 16.6. The van der Waals surface area contributed by atoms with E-state index in [4.69, 9.17) is 9.47 Å². The van der Waals surface area contributed by atoms with Crippen LogP contribution in [0.3, 0.4) is 0 Å². The summed E-state index contributed by atoms with van der Waals surface area (Å²) in [5.74, 6) is -2.59. The lowest BCUT2D eigenvalue weighted by molar-refractivity contribution is -0.186. The predicted molar refractivity (Wildman–Crippen MR) is 101 cm³/mol. The molecule has 2 rings (SSSR count). The topological polar surface area (TPSA) is 76.7 Å². The van der Waals surface area contributed by atoms with E-state index in [2.05, 4.69) is 10.9 Å². The Morgan fingerprint density at radius 3 is 2.59 bits per heavy atom. The summed E-state index contributed by atoms with van der Waals surface area (Å²) in [4.78, 5) is 24.5. The van der Waals surface area contributed by atoms with Gasteiger partial charge in [-0.2, -0.15) is 13.2 Å². The van der Waals surface area contributed by atoms with Gasteiger partial charge in [0.2, 0.25) is 5.91 Å². The first-order valence-corrected chi connectivity index (χ1v) is 9.74. The Morgan fingerprint density at radius 2 is 1.93 bits per heavy atom. The fraction of sp³-hybridized carbons (Fsp3) is 0.600. The number of methoxy groups -OCH3 is 1. The standard InChI is InChI=1S/C20H27F3N2O4/c1-3-4-10-29-16-9-8-14(12-17(16)28-2)19(27)25-24-18(26)13-6-5-7-15(11-13)20(21,22)23/h8-9,12-13,15H,3-7,10-11H2,1-2H3,(H,24,26)(H,25,27)/t13-,15+/m0/s1. The van der Waals surface area contributed by atoms with Gasteiger partial charge in [-0.25, -0.2) is 0 Å². The maximum Gasteiger partial charge on any atom is 0.391 e. The van der Waals surface area contributed by atoms with Crippen LogP contribution in [0.5, 0.6) is 11.5 Å². The van der Waals surface area contributed by atoms with E-state index in [1.54, 1.807) is 6.07 Å². The Labute approximate surface area is 168 Å². The largest absolute Gasteiger partial charge is 0.493 e. The average molecular weight is 416 g/mol. The molecule has 0 aromatic heterocycles. The summed E-state index contributed by atoms with van der Waals surface area (Å²) < 4.78 is 49.5. The van der Waals surface area contributed by atoms with Gasteiger partial charge in [0.25, 0.3) is 5.91 Å². The first kappa shape index (κ1) is 22.8. The summed E-state index contributed by atoms with van der Waals surface area (Å²) in [7, 11) is 1.45. The van der Waals surface area contributed by atoms with Gasteiger partial charge in [0.1, 0.15) is 0 Å². The van der Waals surface area contributed by atoms with Crippen molar-refractivity contribution in [1.82, 2.24) is 10.9 Å². The highest BCUT2D eigenvalue weighted by atomic mass is 19.4. The second-order valence-corrected chi connectivity index (χ2v) is 7.11. The van der Waals surface area contributed by atoms with E-state index < -0.39 is 29.8 Å². The zero-order valence-corrected chi connectivity index (χ0v) is 16.6. The molecule has 1 aliphatic carbocycles. The van der Waals surface area contributed by atoms with Gasteiger partial charge in [0.05, 0.1) is 19.6 Å². The van der Waals surface area contributed by atoms with E-state index in [0.717, 1.165) is 12.8 Å². The summed E-state index contributed by atoms with van der Waals surface area (Å²) in [6.07, 6.45) is -1.98. The van der Waals surface area contributed by atoms with E-state index in [-0.39, 0.29) is 18.4 Å². The number of alkyl halides is 3. The molecule has 0 saturated heterocycles. The lowest BCUT2D eigenvalue weighted by Crippen LogP contribution is -2.46. The minimum Gasteiger partial charge on any atom is -0.493 e. The van der Waals surface area contributed by atoms with Gasteiger partial charge in [-0.15, -0.1) is 0 Å². The number of hydrazine groups is 1. The first-order valence-electron chi connectivity index (χ1n) is 9.74. The molecule has 1 fully saturated rings. The highest BCUT2D eigenvalue weighted by Crippen LogP contribution is 2.39. The van der Waals surface area contributed by atoms with Crippen molar-refractivity contribution in [3.8, 4) is 11.5 Å². The fourth-order valence-electron chi connectivity index (χ4n) is 3.27. The smallest absolute Gasteiger partial charge is 0.391 e. The normalized spacial score (nSPS) is 19.3. The van der Waals surface area contributed by atoms with Crippen molar-refractivity contribution in [2.24, 2.45) is 11.8 Å². The minimum absolute atomic E-state index is 0.0338. The van der Waals surface area contributed by atoms with Crippen molar-refractivity contribution >= 4 is 11.8 Å². The highest BCUT2D eigenvalue weighted by Gasteiger charge is 2.43. The van der Waals surface area contributed by atoms with Gasteiger partial charge in [0.15, 0.2) is 11.5 Å². The van der Waals surface area contributed by atoms with Gasteiger partial charge >= 0.3 is 6.18 Å². The molecule has 0 spiro atoms. The number of amides is 2.